The number of carbonyl (C=O) groups is 7. The quantitative estimate of drug-likeness (QED) is 0.0242. The van der Waals surface area contributed by atoms with Crippen molar-refractivity contribution in [3.63, 3.8) is 0 Å². The summed E-state index contributed by atoms with van der Waals surface area (Å²) in [5.74, 6) is -1.64. The fraction of sp³-hybridized carbons (Fsp3) is 0.233. The van der Waals surface area contributed by atoms with E-state index in [4.69, 9.17) is 39.5 Å². The number of rotatable bonds is 13. The normalized spacial score (nSPS) is 13.6. The zero-order valence-corrected chi connectivity index (χ0v) is 53.5. The molecule has 0 radical (unpaired) electrons. The lowest BCUT2D eigenvalue weighted by Crippen LogP contribution is -2.47. The van der Waals surface area contributed by atoms with Crippen LogP contribution in [-0.4, -0.2) is 116 Å². The van der Waals surface area contributed by atoms with Gasteiger partial charge in [0.2, 0.25) is 0 Å². The van der Waals surface area contributed by atoms with Crippen molar-refractivity contribution in [2.75, 3.05) is 52.4 Å². The van der Waals surface area contributed by atoms with Crippen LogP contribution in [0, 0.1) is 23.4 Å². The number of hydrazine groups is 1. The van der Waals surface area contributed by atoms with Gasteiger partial charge in [-0.1, -0.05) is 42.2 Å². The molecule has 4 heterocycles. The number of nitrogens with one attached hydrogen (secondary N) is 1. The Morgan fingerprint density at radius 1 is 0.538 bits per heavy atom. The molecule has 24 nitrogen and oxygen atoms in total. The van der Waals surface area contributed by atoms with E-state index in [-0.39, 0.29) is 113 Å². The maximum absolute atomic E-state index is 14.0. The third kappa shape index (κ3) is 17.3. The number of benzene rings is 6. The predicted molar refractivity (Wildman–Crippen MR) is 336 cm³/mol. The van der Waals surface area contributed by atoms with E-state index in [2.05, 4.69) is 36.1 Å². The van der Waals surface area contributed by atoms with E-state index in [1.807, 2.05) is 0 Å². The van der Waals surface area contributed by atoms with Gasteiger partial charge in [-0.2, -0.15) is 5.10 Å². The lowest BCUT2D eigenvalue weighted by Gasteiger charge is -2.33. The number of hydrogen-bond donors (Lipinski definition) is 3. The van der Waals surface area contributed by atoms with Gasteiger partial charge in [0.15, 0.2) is 11.6 Å². The summed E-state index contributed by atoms with van der Waals surface area (Å²) in [5, 5.41) is 7.84. The highest BCUT2D eigenvalue weighted by atomic mass is 35.5. The Morgan fingerprint density at radius 3 is 1.35 bits per heavy atom. The molecule has 6 aromatic carbocycles. The number of Topliss-reactive ketones (excluding diaryl/α,β-unsaturated/α-hetero) is 3. The molecule has 5 N–H and O–H groups in total. The molecule has 0 fully saturated rings. The lowest BCUT2D eigenvalue weighted by molar-refractivity contribution is -0.167. The van der Waals surface area contributed by atoms with Crippen LogP contribution < -0.4 is 24.6 Å². The van der Waals surface area contributed by atoms with Gasteiger partial charge in [0.25, 0.3) is 35.9 Å². The second kappa shape index (κ2) is 32.7. The molecule has 0 spiro atoms. The Hall–Kier alpha value is -8.75. The Morgan fingerprint density at radius 2 is 0.914 bits per heavy atom. The SMILES string of the molecule is C.CCOC(=O)C(=O)C1CN(S(=O)(=O)c2ccc(Cl)cc2)c2ccc(F)cc2C1=O.CCOC(=O)C(=O)OCC.CCOC(=O)c1[nH]nc2c1CN(S(=O)(=O)c1ccc(Cl)cc1)c1ccc(F)cc1-2.NN.O=C1CCN(S(=O)(=O)c2ccc(Cl)cc2)c2ccc(F)cc21. The summed E-state index contributed by atoms with van der Waals surface area (Å²) in [6, 6.07) is 27.0. The first-order valence-corrected chi connectivity index (χ1v) is 32.5. The fourth-order valence-corrected chi connectivity index (χ4v) is 13.8. The first kappa shape index (κ1) is 75.0. The molecule has 3 aliphatic heterocycles. The molecule has 1 aromatic heterocycles. The van der Waals surface area contributed by atoms with Crippen LogP contribution >= 0.6 is 34.8 Å². The summed E-state index contributed by atoms with van der Waals surface area (Å²) in [4.78, 5) is 82.0. The number of ketones is 3. The highest BCUT2D eigenvalue weighted by Crippen LogP contribution is 2.43. The number of aromatic nitrogens is 2. The predicted octanol–water partition coefficient (Wildman–Crippen LogP) is 9.20. The molecule has 496 valence electrons. The molecular formula is C60H59Cl3F3N7O17S3. The first-order valence-electron chi connectivity index (χ1n) is 27.0. The van der Waals surface area contributed by atoms with Crippen LogP contribution in [0.3, 0.4) is 0 Å². The minimum atomic E-state index is -4.24. The highest BCUT2D eigenvalue weighted by molar-refractivity contribution is 7.93. The number of H-pyrrole nitrogens is 1. The number of nitrogens with two attached hydrogens (primary N) is 2. The molecule has 1 atom stereocenters. The van der Waals surface area contributed by atoms with Crippen molar-refractivity contribution in [1.29, 1.82) is 0 Å². The van der Waals surface area contributed by atoms with Crippen molar-refractivity contribution in [3.05, 3.63) is 182 Å². The van der Waals surface area contributed by atoms with Crippen molar-refractivity contribution >= 4 is 123 Å². The number of aromatic amines is 1. The molecule has 33 heteroatoms. The van der Waals surface area contributed by atoms with Crippen LogP contribution in [0.2, 0.25) is 15.1 Å². The number of nitrogens with zero attached hydrogens (tertiary/aromatic N) is 4. The smallest absolute Gasteiger partial charge is 0.417 e. The number of ether oxygens (including phenoxy) is 4. The van der Waals surface area contributed by atoms with E-state index in [1.54, 1.807) is 20.8 Å². The number of esters is 4. The van der Waals surface area contributed by atoms with Crippen molar-refractivity contribution in [2.24, 2.45) is 17.6 Å². The van der Waals surface area contributed by atoms with Gasteiger partial charge >= 0.3 is 23.9 Å². The topological polar surface area (TPSA) is 349 Å². The van der Waals surface area contributed by atoms with E-state index in [9.17, 15) is 72.0 Å². The van der Waals surface area contributed by atoms with Gasteiger partial charge in [-0.05, 0) is 155 Å². The van der Waals surface area contributed by atoms with Crippen molar-refractivity contribution in [2.45, 2.75) is 62.8 Å². The molecule has 0 amide bonds. The van der Waals surface area contributed by atoms with E-state index >= 15 is 0 Å². The van der Waals surface area contributed by atoms with Crippen LogP contribution in [0.5, 0.6) is 0 Å². The van der Waals surface area contributed by atoms with E-state index in [0.29, 0.717) is 26.3 Å². The van der Waals surface area contributed by atoms with Gasteiger partial charge in [-0.3, -0.25) is 44.1 Å². The fourth-order valence-electron chi connectivity index (χ4n) is 8.94. The molecule has 0 bridgehead atoms. The molecule has 0 saturated heterocycles. The van der Waals surface area contributed by atoms with Crippen LogP contribution in [0.25, 0.3) is 11.3 Å². The molecule has 10 rings (SSSR count). The van der Waals surface area contributed by atoms with Gasteiger partial charge in [-0.25, -0.2) is 57.6 Å². The number of halogens is 6. The van der Waals surface area contributed by atoms with Crippen LogP contribution in [0.15, 0.2) is 142 Å². The van der Waals surface area contributed by atoms with Crippen LogP contribution in [0.1, 0.15) is 78.3 Å². The summed E-state index contributed by atoms with van der Waals surface area (Å²) in [7, 11) is -12.1. The highest BCUT2D eigenvalue weighted by Gasteiger charge is 2.44. The van der Waals surface area contributed by atoms with Crippen molar-refractivity contribution < 1.29 is 90.9 Å². The zero-order chi connectivity index (χ0) is 68.0. The number of carbonyl (C=O) groups excluding carboxylic acids is 7. The molecule has 93 heavy (non-hydrogen) atoms. The molecule has 0 saturated carbocycles. The Labute approximate surface area is 547 Å². The summed E-state index contributed by atoms with van der Waals surface area (Å²) in [6.07, 6.45) is 0.0171. The molecule has 1 unspecified atom stereocenters. The summed E-state index contributed by atoms with van der Waals surface area (Å²) in [6.45, 7) is 6.07. The van der Waals surface area contributed by atoms with Crippen LogP contribution in [-0.2, 0) is 74.7 Å². The average molecular weight is 1410 g/mol. The Bertz CT molecular complexity index is 4270. The van der Waals surface area contributed by atoms with E-state index in [0.717, 1.165) is 43.2 Å². The Kier molecular flexibility index (Phi) is 26.4. The van der Waals surface area contributed by atoms with Gasteiger partial charge in [0.05, 0.1) is 71.3 Å². The largest absolute Gasteiger partial charge is 0.461 e. The Balaban J connectivity index is 0.000000233. The molecule has 7 aromatic rings. The van der Waals surface area contributed by atoms with Gasteiger partial charge < -0.3 is 18.9 Å². The maximum atomic E-state index is 14.0. The van der Waals surface area contributed by atoms with Gasteiger partial charge in [-0.15, -0.1) is 0 Å². The maximum Gasteiger partial charge on any atom is 0.417 e. The molecule has 3 aliphatic rings. The third-order valence-electron chi connectivity index (χ3n) is 13.1. The monoisotopic (exact) mass is 1410 g/mol. The van der Waals surface area contributed by atoms with Crippen LogP contribution in [0.4, 0.5) is 30.2 Å². The second-order valence-electron chi connectivity index (χ2n) is 18.7. The van der Waals surface area contributed by atoms with Crippen molar-refractivity contribution in [3.8, 4) is 11.3 Å². The van der Waals surface area contributed by atoms with E-state index < -0.39 is 95.4 Å². The number of sulfonamides is 3. The molecule has 0 aliphatic carbocycles. The van der Waals surface area contributed by atoms with E-state index in [1.165, 1.54) is 104 Å². The first-order chi connectivity index (χ1) is 43.6. The zero-order valence-electron chi connectivity index (χ0n) is 48.7. The van der Waals surface area contributed by atoms with Crippen molar-refractivity contribution in [1.82, 2.24) is 10.2 Å². The second-order valence-corrected chi connectivity index (χ2v) is 25.6. The van der Waals surface area contributed by atoms with Gasteiger partial charge in [0, 0.05) is 50.3 Å². The lowest BCUT2D eigenvalue weighted by atomic mass is 9.89. The summed E-state index contributed by atoms with van der Waals surface area (Å²) >= 11 is 17.4. The standard InChI is InChI=1S/C19H15ClFN3O4S.C19H15ClFNO6S.C15H11ClFNO3S.C6H10O4.CH4.H4N2/c1-2-28-19(25)18-15-10-24(29(26,27)13-6-3-11(20)4-7-13)16-8-5-12(21)9-14(16)17(15)22-23-18;1-2-28-19(25)18(24)15-10-22(16-8-5-12(21)9-14(16)17(15)23)29(26,27)13-6-3-11(20)4-7-13;16-10-1-4-12(5-2-10)22(20,21)18-8-7-15(19)13-9-11(17)3-6-14(13)18;1-3-9-5(7)6(8)10-4-2;;1-2/h3-9H,2,10H2,1H3,(H,22,23);3-9,15H,2,10H2,1H3;1-6,9H,7-8H2;3-4H2,1-2H3;1H4;1-2H2. The summed E-state index contributed by atoms with van der Waals surface area (Å²) < 4.78 is 141. The van der Waals surface area contributed by atoms with Gasteiger partial charge in [0.1, 0.15) is 34.8 Å². The molecular weight excluding hydrogens is 1350 g/mol. The number of anilines is 3. The summed E-state index contributed by atoms with van der Waals surface area (Å²) in [5.41, 5.74) is 1.08. The minimum absolute atomic E-state index is 0. The number of hydrogen-bond acceptors (Lipinski definition) is 20. The third-order valence-corrected chi connectivity index (χ3v) is 19.2. The average Bonchev–Trinajstić information content (AvgIpc) is 1.72. The number of fused-ring (bicyclic) bond motifs is 5. The minimum Gasteiger partial charge on any atom is -0.461 e.